The smallest absolute Gasteiger partial charge is 0.347 e. The Labute approximate surface area is 204 Å². The fraction of sp³-hybridized carbons (Fsp3) is 0.375. The maximum absolute atomic E-state index is 13.9. The first-order valence-electron chi connectivity index (χ1n) is 10.9. The van der Waals surface area contributed by atoms with Crippen molar-refractivity contribution in [2.75, 3.05) is 6.61 Å². The summed E-state index contributed by atoms with van der Waals surface area (Å²) in [5, 5.41) is 0.206. The molecule has 0 amide bonds. The maximum Gasteiger partial charge on any atom is 0.347 e. The Balaban J connectivity index is 1.48. The fourth-order valence-corrected chi connectivity index (χ4v) is 6.33. The Bertz CT molecular complexity index is 1380. The van der Waals surface area contributed by atoms with Gasteiger partial charge in [0, 0.05) is 12.5 Å². The van der Waals surface area contributed by atoms with Crippen molar-refractivity contribution in [2.45, 2.75) is 31.1 Å². The number of ketones is 1. The van der Waals surface area contributed by atoms with Crippen molar-refractivity contribution in [2.24, 2.45) is 17.3 Å². The Morgan fingerprint density at radius 1 is 1.24 bits per heavy atom. The minimum absolute atomic E-state index is 0.0161. The normalized spacial score (nSPS) is 34.3. The van der Waals surface area contributed by atoms with Crippen molar-refractivity contribution in [1.29, 1.82) is 0 Å². The van der Waals surface area contributed by atoms with Crippen LogP contribution in [0.5, 0.6) is 0 Å². The third kappa shape index (κ3) is 2.51. The molecule has 1 spiro atoms. The molecule has 0 bridgehead atoms. The van der Waals surface area contributed by atoms with E-state index in [-0.39, 0.29) is 28.7 Å². The van der Waals surface area contributed by atoms with Crippen LogP contribution in [0, 0.1) is 17.3 Å². The molecule has 4 heterocycles. The molecule has 3 aromatic rings. The molecule has 0 unspecified atom stereocenters. The van der Waals surface area contributed by atoms with Crippen LogP contribution in [0.3, 0.4) is 0 Å². The molecule has 34 heavy (non-hydrogen) atoms. The highest BCUT2D eigenvalue weighted by Gasteiger charge is 2.80. The van der Waals surface area contributed by atoms with Gasteiger partial charge in [-0.05, 0) is 30.5 Å². The monoisotopic (exact) mass is 498 g/mol. The minimum atomic E-state index is -1.73. The second-order valence-corrected chi connectivity index (χ2v) is 10.0. The third-order valence-electron chi connectivity index (χ3n) is 7.72. The first kappa shape index (κ1) is 21.7. The van der Waals surface area contributed by atoms with Crippen LogP contribution in [-0.2, 0) is 31.2 Å². The molecule has 2 aromatic heterocycles. The van der Waals surface area contributed by atoms with Crippen LogP contribution in [-0.4, -0.2) is 43.5 Å². The van der Waals surface area contributed by atoms with Gasteiger partial charge in [0.15, 0.2) is 16.6 Å². The van der Waals surface area contributed by atoms with Crippen molar-refractivity contribution in [3.05, 3.63) is 65.3 Å². The van der Waals surface area contributed by atoms with Gasteiger partial charge in [-0.2, -0.15) is 4.98 Å². The summed E-state index contributed by atoms with van der Waals surface area (Å²) < 4.78 is 13.9. The maximum atomic E-state index is 13.9. The minimum Gasteiger partial charge on any atom is -0.462 e. The number of fused-ring (bicyclic) bond motifs is 2. The second-order valence-electron chi connectivity index (χ2n) is 9.34. The van der Waals surface area contributed by atoms with Gasteiger partial charge in [0.2, 0.25) is 10.9 Å². The summed E-state index contributed by atoms with van der Waals surface area (Å²) in [6.07, 6.45) is 3.75. The zero-order valence-corrected chi connectivity index (χ0v) is 19.7. The molecule has 1 aromatic carbocycles. The predicted octanol–water partition coefficient (Wildman–Crippen LogP) is 3.75. The molecule has 1 aliphatic carbocycles. The lowest BCUT2D eigenvalue weighted by atomic mass is 9.56. The van der Waals surface area contributed by atoms with E-state index in [1.54, 1.807) is 19.3 Å². The van der Waals surface area contributed by atoms with E-state index in [0.717, 1.165) is 5.56 Å². The van der Waals surface area contributed by atoms with Gasteiger partial charge in [0.25, 0.3) is 0 Å². The number of hydrogen-bond acceptors (Lipinski definition) is 7. The van der Waals surface area contributed by atoms with E-state index in [2.05, 4.69) is 21.5 Å². The van der Waals surface area contributed by atoms with Gasteiger partial charge in [-0.25, -0.2) is 14.8 Å². The topological polar surface area (TPSA) is 96.2 Å². The largest absolute Gasteiger partial charge is 0.462 e. The Kier molecular flexibility index (Phi) is 4.53. The van der Waals surface area contributed by atoms with Gasteiger partial charge in [0.05, 0.1) is 17.7 Å². The number of aromatic nitrogens is 4. The molecule has 3 fully saturated rings. The highest BCUT2D eigenvalue weighted by molar-refractivity contribution is 6.35. The molecule has 6 rings (SSSR count). The number of carbonyl (C=O) groups is 2. The predicted molar refractivity (Wildman–Crippen MR) is 123 cm³/mol. The average molecular weight is 499 g/mol. The number of rotatable bonds is 4. The second kappa shape index (κ2) is 7.10. The Morgan fingerprint density at radius 2 is 2.00 bits per heavy atom. The van der Waals surface area contributed by atoms with E-state index >= 15 is 0 Å². The van der Waals surface area contributed by atoms with Crippen LogP contribution in [0.2, 0.25) is 10.4 Å². The van der Waals surface area contributed by atoms with Gasteiger partial charge in [-0.1, -0.05) is 48.0 Å². The molecule has 5 atom stereocenters. The highest BCUT2D eigenvalue weighted by Crippen LogP contribution is 2.66. The lowest BCUT2D eigenvalue weighted by Crippen LogP contribution is -2.54. The summed E-state index contributed by atoms with van der Waals surface area (Å²) in [5.41, 5.74) is -1.94. The van der Waals surface area contributed by atoms with Crippen molar-refractivity contribution < 1.29 is 19.1 Å². The van der Waals surface area contributed by atoms with Crippen LogP contribution in [0.15, 0.2) is 49.3 Å². The number of esters is 1. The van der Waals surface area contributed by atoms with Gasteiger partial charge in [-0.3, -0.25) is 4.79 Å². The van der Waals surface area contributed by atoms with Crippen LogP contribution in [0.1, 0.15) is 18.9 Å². The molecular formula is C24H20Cl2N4O4. The van der Waals surface area contributed by atoms with Crippen LogP contribution < -0.4 is 0 Å². The first-order chi connectivity index (χ1) is 16.3. The van der Waals surface area contributed by atoms with Gasteiger partial charge < -0.3 is 14.0 Å². The molecule has 8 nitrogen and oxygen atoms in total. The molecule has 174 valence electrons. The van der Waals surface area contributed by atoms with Crippen molar-refractivity contribution in [1.82, 2.24) is 19.5 Å². The molecule has 10 heteroatoms. The number of Topliss-reactive ketones (excluding diaryl/α,β-unsaturated/α-hetero) is 1. The summed E-state index contributed by atoms with van der Waals surface area (Å²) in [6, 6.07) is 9.55. The molecule has 2 aliphatic heterocycles. The summed E-state index contributed by atoms with van der Waals surface area (Å²) >= 11 is 12.3. The van der Waals surface area contributed by atoms with E-state index in [9.17, 15) is 9.59 Å². The summed E-state index contributed by atoms with van der Waals surface area (Å²) in [7, 11) is 0. The third-order valence-corrected chi connectivity index (χ3v) is 8.15. The zero-order chi connectivity index (χ0) is 23.9. The molecule has 1 saturated carbocycles. The Hall–Kier alpha value is -2.81. The number of benzene rings is 1. The summed E-state index contributed by atoms with van der Waals surface area (Å²) in [6.45, 7) is 6.14. The van der Waals surface area contributed by atoms with Gasteiger partial charge >= 0.3 is 5.97 Å². The van der Waals surface area contributed by atoms with Crippen LogP contribution in [0.4, 0.5) is 0 Å². The molecule has 2 saturated heterocycles. The summed E-state index contributed by atoms with van der Waals surface area (Å²) in [5.74, 6) is -1.56. The number of carbonyl (C=O) groups excluding carboxylic acids is 2. The van der Waals surface area contributed by atoms with Crippen molar-refractivity contribution in [3.63, 3.8) is 0 Å². The molecule has 3 aliphatic rings. The summed E-state index contributed by atoms with van der Waals surface area (Å²) in [4.78, 5) is 39.4. The highest BCUT2D eigenvalue weighted by atomic mass is 35.5. The van der Waals surface area contributed by atoms with E-state index in [1.807, 2.05) is 34.9 Å². The van der Waals surface area contributed by atoms with Crippen molar-refractivity contribution >= 4 is 46.1 Å². The molecule has 0 N–H and O–H groups in total. The number of hydrogen-bond donors (Lipinski definition) is 0. The standard InChI is InChI=1S/C24H20Cl2N4O4/c1-3-22(2)11-33-20(32)24(22)17(31)15-9-14(23(15,34-24)13-7-5-4-6-8-13)10-30-12-27-19-16(30)18(25)28-21(26)29-19/h3-8,12,14-15H,1,9-11H2,2H3/t14-,15-,22-,23-,24-/m0/s1. The zero-order valence-electron chi connectivity index (χ0n) is 18.2. The number of imidazole rings is 1. The number of nitrogens with zero attached hydrogens (tertiary/aromatic N) is 4. The lowest BCUT2D eigenvalue weighted by molar-refractivity contribution is -0.211. The SMILES string of the molecule is C=C[C@@]1(C)COC(=O)[C@]12O[C@@]1(c3ccccc3)[C@H](Cn3cnc4nc(Cl)nc(Cl)c43)C[C@H]1C2=O. The van der Waals surface area contributed by atoms with Gasteiger partial charge in [-0.15, -0.1) is 6.58 Å². The number of cyclic esters (lactones) is 1. The van der Waals surface area contributed by atoms with Crippen LogP contribution >= 0.6 is 23.2 Å². The van der Waals surface area contributed by atoms with E-state index in [4.69, 9.17) is 32.7 Å². The van der Waals surface area contributed by atoms with E-state index in [1.165, 1.54) is 0 Å². The van der Waals surface area contributed by atoms with E-state index in [0.29, 0.717) is 24.1 Å². The van der Waals surface area contributed by atoms with Gasteiger partial charge in [0.1, 0.15) is 17.7 Å². The fourth-order valence-electron chi connectivity index (χ4n) is 5.85. The quantitative estimate of drug-likeness (QED) is 0.177. The molecular weight excluding hydrogens is 479 g/mol. The van der Waals surface area contributed by atoms with E-state index < -0.39 is 28.5 Å². The van der Waals surface area contributed by atoms with Crippen molar-refractivity contribution in [3.8, 4) is 0 Å². The molecule has 0 radical (unpaired) electrons. The van der Waals surface area contributed by atoms with Crippen LogP contribution in [0.25, 0.3) is 11.2 Å². The average Bonchev–Trinajstić information content (AvgIpc) is 3.40. The first-order valence-corrected chi connectivity index (χ1v) is 11.7. The number of ether oxygens (including phenoxy) is 2. The lowest BCUT2D eigenvalue weighted by Gasteiger charge is -2.51. The Morgan fingerprint density at radius 3 is 2.74 bits per heavy atom. The number of halogens is 2.